The molecule has 0 atom stereocenters. The van der Waals surface area contributed by atoms with Crippen molar-refractivity contribution in [3.63, 3.8) is 0 Å². The first-order valence-corrected chi connectivity index (χ1v) is 14.3. The summed E-state index contributed by atoms with van der Waals surface area (Å²) in [7, 11) is -2.15. The maximum absolute atomic E-state index is 13.2. The predicted octanol–water partition coefficient (Wildman–Crippen LogP) is 5.03. The van der Waals surface area contributed by atoms with E-state index in [1.165, 1.54) is 11.3 Å². The van der Waals surface area contributed by atoms with Crippen LogP contribution >= 0.6 is 22.9 Å². The normalized spacial score (nSPS) is 14.1. The summed E-state index contributed by atoms with van der Waals surface area (Å²) in [6.45, 7) is 4.15. The summed E-state index contributed by atoms with van der Waals surface area (Å²) < 4.78 is 34.4. The van der Waals surface area contributed by atoms with Crippen molar-refractivity contribution in [3.05, 3.63) is 76.8 Å². The lowest BCUT2D eigenvalue weighted by molar-refractivity contribution is 0.0747. The lowest BCUT2D eigenvalue weighted by Crippen LogP contribution is -2.48. The molecule has 4 aromatic rings. The van der Waals surface area contributed by atoms with E-state index in [1.54, 1.807) is 72.7 Å². The number of fused-ring (bicyclic) bond motifs is 1. The number of ether oxygens (including phenoxy) is 1. The smallest absolute Gasteiger partial charge is 0.261 e. The zero-order valence-electron chi connectivity index (χ0n) is 20.3. The van der Waals surface area contributed by atoms with Gasteiger partial charge in [-0.1, -0.05) is 46.7 Å². The third-order valence-electron chi connectivity index (χ3n) is 6.20. The Morgan fingerprint density at radius 1 is 1.05 bits per heavy atom. The number of methoxy groups -OCH3 is 1. The monoisotopic (exact) mass is 556 g/mol. The molecule has 37 heavy (non-hydrogen) atoms. The highest BCUT2D eigenvalue weighted by atomic mass is 35.5. The van der Waals surface area contributed by atoms with Gasteiger partial charge in [0.05, 0.1) is 21.7 Å². The molecule has 192 valence electrons. The summed E-state index contributed by atoms with van der Waals surface area (Å²) >= 11 is 7.87. The highest BCUT2D eigenvalue weighted by molar-refractivity contribution is 7.92. The van der Waals surface area contributed by atoms with Gasteiger partial charge in [-0.05, 0) is 49.4 Å². The van der Waals surface area contributed by atoms with E-state index >= 15 is 0 Å². The molecule has 0 radical (unpaired) electrons. The molecule has 1 saturated heterocycles. The van der Waals surface area contributed by atoms with E-state index in [0.717, 1.165) is 20.9 Å². The van der Waals surface area contributed by atoms with Gasteiger partial charge in [-0.15, -0.1) is 0 Å². The molecule has 5 rings (SSSR count). The fourth-order valence-corrected chi connectivity index (χ4v) is 6.53. The topological polar surface area (TPSA) is 91.8 Å². The number of carbonyl (C=O) groups excluding carboxylic acids is 1. The molecule has 8 nitrogen and oxygen atoms in total. The molecule has 1 amide bonds. The minimum absolute atomic E-state index is 0.148. The zero-order valence-corrected chi connectivity index (χ0v) is 22.7. The Bertz CT molecular complexity index is 1560. The van der Waals surface area contributed by atoms with Crippen LogP contribution < -0.4 is 14.4 Å². The molecule has 0 saturated carbocycles. The first-order valence-electron chi connectivity index (χ1n) is 11.6. The Labute approximate surface area is 224 Å². The molecule has 3 aromatic carbocycles. The van der Waals surface area contributed by atoms with Crippen molar-refractivity contribution in [2.75, 3.05) is 42.9 Å². The minimum atomic E-state index is -3.76. The largest absolute Gasteiger partial charge is 0.494 e. The van der Waals surface area contributed by atoms with E-state index in [4.69, 9.17) is 21.3 Å². The maximum Gasteiger partial charge on any atom is 0.261 e. The van der Waals surface area contributed by atoms with Gasteiger partial charge in [0.1, 0.15) is 11.3 Å². The molecule has 2 heterocycles. The van der Waals surface area contributed by atoms with E-state index in [0.29, 0.717) is 48.2 Å². The van der Waals surface area contributed by atoms with Crippen LogP contribution in [0.25, 0.3) is 10.2 Å². The van der Waals surface area contributed by atoms with Gasteiger partial charge < -0.3 is 14.5 Å². The number of thiazole rings is 1. The second kappa shape index (κ2) is 10.2. The quantitative estimate of drug-likeness (QED) is 0.358. The summed E-state index contributed by atoms with van der Waals surface area (Å²) in [5.74, 6) is 0.527. The summed E-state index contributed by atoms with van der Waals surface area (Å²) in [5, 5.41) is 1.47. The minimum Gasteiger partial charge on any atom is -0.494 e. The number of amides is 1. The molecule has 1 aromatic heterocycles. The molecule has 1 aliphatic rings. The molecule has 1 aliphatic heterocycles. The number of carbonyl (C=O) groups is 1. The van der Waals surface area contributed by atoms with Crippen LogP contribution in [0, 0.1) is 6.92 Å². The number of rotatable bonds is 6. The lowest BCUT2D eigenvalue weighted by Gasteiger charge is -2.34. The fourth-order valence-electron chi connectivity index (χ4n) is 4.17. The number of sulfonamides is 1. The van der Waals surface area contributed by atoms with Gasteiger partial charge in [-0.2, -0.15) is 0 Å². The summed E-state index contributed by atoms with van der Waals surface area (Å²) in [4.78, 5) is 22.0. The van der Waals surface area contributed by atoms with Crippen LogP contribution in [0.15, 0.2) is 65.6 Å². The van der Waals surface area contributed by atoms with Crippen LogP contribution in [0.2, 0.25) is 5.02 Å². The third kappa shape index (κ3) is 5.22. The van der Waals surface area contributed by atoms with E-state index in [-0.39, 0.29) is 10.8 Å². The predicted molar refractivity (Wildman–Crippen MR) is 148 cm³/mol. The highest BCUT2D eigenvalue weighted by Crippen LogP contribution is 2.38. The first-order chi connectivity index (χ1) is 17.7. The zero-order chi connectivity index (χ0) is 26.2. The summed E-state index contributed by atoms with van der Waals surface area (Å²) in [6, 6.07) is 16.8. The molecule has 0 unspecified atom stereocenters. The van der Waals surface area contributed by atoms with Crippen LogP contribution in [0.4, 0.5) is 10.8 Å². The Morgan fingerprint density at radius 2 is 1.78 bits per heavy atom. The lowest BCUT2D eigenvalue weighted by atomic mass is 10.1. The first kappa shape index (κ1) is 25.3. The van der Waals surface area contributed by atoms with Crippen molar-refractivity contribution in [1.82, 2.24) is 9.88 Å². The van der Waals surface area contributed by atoms with E-state index in [9.17, 15) is 13.2 Å². The van der Waals surface area contributed by atoms with Gasteiger partial charge in [0.2, 0.25) is 0 Å². The van der Waals surface area contributed by atoms with Gasteiger partial charge in [0.25, 0.3) is 15.9 Å². The third-order valence-corrected chi connectivity index (χ3v) is 9.17. The summed E-state index contributed by atoms with van der Waals surface area (Å²) in [5.41, 5.74) is 2.47. The number of hydrogen-bond donors (Lipinski definition) is 1. The second-order valence-electron chi connectivity index (χ2n) is 8.70. The Hall–Kier alpha value is -3.34. The molecule has 0 spiro atoms. The number of nitrogens with zero attached hydrogens (tertiary/aromatic N) is 3. The van der Waals surface area contributed by atoms with Crippen molar-refractivity contribution in [1.29, 1.82) is 0 Å². The number of aryl methyl sites for hydroxylation is 1. The standard InChI is InChI=1S/C26H25ClN4O4S2/c1-17-6-8-20(9-7-17)37(33,34)29-19-5-3-4-18(16-19)25(32)30-12-14-31(15-13-30)26-28-23-22(35-2)11-10-21(27)24(23)36-26/h3-11,16,29H,12-15H2,1-2H3. The number of anilines is 2. The molecular weight excluding hydrogens is 532 g/mol. The van der Waals surface area contributed by atoms with Gasteiger partial charge in [-0.3, -0.25) is 9.52 Å². The van der Waals surface area contributed by atoms with Crippen molar-refractivity contribution < 1.29 is 17.9 Å². The number of nitrogens with one attached hydrogen (secondary N) is 1. The Kier molecular flexibility index (Phi) is 6.98. The van der Waals surface area contributed by atoms with Gasteiger partial charge in [-0.25, -0.2) is 13.4 Å². The van der Waals surface area contributed by atoms with E-state index < -0.39 is 10.0 Å². The number of piperazine rings is 1. The molecule has 1 fully saturated rings. The van der Waals surface area contributed by atoms with Crippen LogP contribution in [0.1, 0.15) is 15.9 Å². The average Bonchev–Trinajstić information content (AvgIpc) is 3.35. The van der Waals surface area contributed by atoms with Crippen LogP contribution in [-0.2, 0) is 10.0 Å². The van der Waals surface area contributed by atoms with E-state index in [1.807, 2.05) is 6.92 Å². The Balaban J connectivity index is 1.27. The molecular formula is C26H25ClN4O4S2. The SMILES string of the molecule is COc1ccc(Cl)c2sc(N3CCN(C(=O)c4cccc(NS(=O)(=O)c5ccc(C)cc5)c4)CC3)nc12. The fraction of sp³-hybridized carbons (Fsp3) is 0.231. The molecule has 0 bridgehead atoms. The molecule has 0 aliphatic carbocycles. The van der Waals surface area contributed by atoms with E-state index in [2.05, 4.69) is 9.62 Å². The van der Waals surface area contributed by atoms with Crippen molar-refractivity contribution in [2.24, 2.45) is 0 Å². The highest BCUT2D eigenvalue weighted by Gasteiger charge is 2.25. The number of hydrogen-bond acceptors (Lipinski definition) is 7. The van der Waals surface area contributed by atoms with Gasteiger partial charge in [0, 0.05) is 37.4 Å². The number of halogens is 1. The van der Waals surface area contributed by atoms with Gasteiger partial charge >= 0.3 is 0 Å². The molecule has 1 N–H and O–H groups in total. The van der Waals surface area contributed by atoms with Crippen molar-refractivity contribution in [3.8, 4) is 5.75 Å². The Morgan fingerprint density at radius 3 is 2.49 bits per heavy atom. The van der Waals surface area contributed by atoms with Crippen molar-refractivity contribution in [2.45, 2.75) is 11.8 Å². The molecule has 11 heteroatoms. The number of benzene rings is 3. The summed E-state index contributed by atoms with van der Waals surface area (Å²) in [6.07, 6.45) is 0. The number of aromatic nitrogens is 1. The van der Waals surface area contributed by atoms with Crippen LogP contribution in [0.3, 0.4) is 0 Å². The van der Waals surface area contributed by atoms with Crippen LogP contribution in [0.5, 0.6) is 5.75 Å². The second-order valence-corrected chi connectivity index (χ2v) is 11.8. The van der Waals surface area contributed by atoms with Crippen LogP contribution in [-0.4, -0.2) is 57.5 Å². The average molecular weight is 557 g/mol. The van der Waals surface area contributed by atoms with Crippen molar-refractivity contribution >= 4 is 59.9 Å². The maximum atomic E-state index is 13.2. The van der Waals surface area contributed by atoms with Gasteiger partial charge in [0.15, 0.2) is 5.13 Å².